The lowest BCUT2D eigenvalue weighted by Gasteiger charge is -2.42. The zero-order valence-electron chi connectivity index (χ0n) is 8.88. The Morgan fingerprint density at radius 1 is 1.31 bits per heavy atom. The van der Waals surface area contributed by atoms with Gasteiger partial charge < -0.3 is 10.5 Å². The highest BCUT2D eigenvalue weighted by molar-refractivity contribution is 4.88. The van der Waals surface area contributed by atoms with Crippen LogP contribution in [0.4, 0.5) is 0 Å². The molecule has 0 saturated carbocycles. The van der Waals surface area contributed by atoms with Crippen LogP contribution in [0.3, 0.4) is 0 Å². The van der Waals surface area contributed by atoms with E-state index in [0.717, 1.165) is 6.61 Å². The van der Waals surface area contributed by atoms with Crippen LogP contribution in [-0.4, -0.2) is 43.8 Å². The molecular weight excluding hydrogens is 164 g/mol. The smallest absolute Gasteiger partial charge is 0.0656 e. The summed E-state index contributed by atoms with van der Waals surface area (Å²) >= 11 is 0. The molecule has 2 N–H and O–H groups in total. The van der Waals surface area contributed by atoms with Gasteiger partial charge in [-0.2, -0.15) is 0 Å². The first kappa shape index (κ1) is 11.0. The van der Waals surface area contributed by atoms with Crippen molar-refractivity contribution in [2.75, 3.05) is 33.4 Å². The lowest BCUT2D eigenvalue weighted by atomic mass is 9.97. The van der Waals surface area contributed by atoms with Crippen LogP contribution in [0.25, 0.3) is 0 Å². The topological polar surface area (TPSA) is 38.5 Å². The molecule has 1 saturated heterocycles. The molecule has 1 unspecified atom stereocenters. The van der Waals surface area contributed by atoms with Gasteiger partial charge in [-0.05, 0) is 32.9 Å². The Bertz CT molecular complexity index is 146. The van der Waals surface area contributed by atoms with Gasteiger partial charge in [0.15, 0.2) is 0 Å². The minimum atomic E-state index is 0.0508. The van der Waals surface area contributed by atoms with Crippen molar-refractivity contribution in [3.05, 3.63) is 0 Å². The molecule has 0 aromatic heterocycles. The average molecular weight is 186 g/mol. The Morgan fingerprint density at radius 3 is 2.38 bits per heavy atom. The second-order valence-corrected chi connectivity index (χ2v) is 4.18. The maximum Gasteiger partial charge on any atom is 0.0656 e. The summed E-state index contributed by atoms with van der Waals surface area (Å²) in [5.74, 6) is 0. The average Bonchev–Trinajstić information content (AvgIpc) is 2.19. The standard InChI is InChI=1S/C10H22N2O/c1-10(8-11,9-13-2)12-6-4-3-5-7-12/h3-9,11H2,1-2H3. The number of nitrogens with two attached hydrogens (primary N) is 1. The van der Waals surface area contributed by atoms with Crippen molar-refractivity contribution in [2.24, 2.45) is 5.73 Å². The molecule has 0 aromatic rings. The fourth-order valence-corrected chi connectivity index (χ4v) is 2.02. The summed E-state index contributed by atoms with van der Waals surface area (Å²) in [5, 5.41) is 0. The van der Waals surface area contributed by atoms with Crippen molar-refractivity contribution in [3.63, 3.8) is 0 Å². The van der Waals surface area contributed by atoms with Gasteiger partial charge in [0.25, 0.3) is 0 Å². The molecule has 3 heteroatoms. The molecule has 1 aliphatic heterocycles. The number of hydrogen-bond acceptors (Lipinski definition) is 3. The first-order valence-corrected chi connectivity index (χ1v) is 5.17. The van der Waals surface area contributed by atoms with Crippen LogP contribution < -0.4 is 5.73 Å². The van der Waals surface area contributed by atoms with Crippen molar-refractivity contribution in [3.8, 4) is 0 Å². The van der Waals surface area contributed by atoms with Gasteiger partial charge in [0.1, 0.15) is 0 Å². The highest BCUT2D eigenvalue weighted by Crippen LogP contribution is 2.20. The van der Waals surface area contributed by atoms with Crippen molar-refractivity contribution in [1.29, 1.82) is 0 Å². The summed E-state index contributed by atoms with van der Waals surface area (Å²) in [4.78, 5) is 2.47. The third-order valence-electron chi connectivity index (χ3n) is 3.01. The zero-order chi connectivity index (χ0) is 9.73. The maximum absolute atomic E-state index is 5.80. The summed E-state index contributed by atoms with van der Waals surface area (Å²) in [6, 6.07) is 0. The van der Waals surface area contributed by atoms with Gasteiger partial charge >= 0.3 is 0 Å². The molecule has 1 aliphatic rings. The predicted molar refractivity (Wildman–Crippen MR) is 54.8 cm³/mol. The first-order chi connectivity index (χ1) is 6.23. The molecule has 13 heavy (non-hydrogen) atoms. The van der Waals surface area contributed by atoms with E-state index >= 15 is 0 Å². The Labute approximate surface area is 81.2 Å². The third kappa shape index (κ3) is 2.66. The number of hydrogen-bond donors (Lipinski definition) is 1. The van der Waals surface area contributed by atoms with Crippen LogP contribution in [0.1, 0.15) is 26.2 Å². The lowest BCUT2D eigenvalue weighted by Crippen LogP contribution is -2.56. The van der Waals surface area contributed by atoms with Crippen LogP contribution in [0, 0.1) is 0 Å². The van der Waals surface area contributed by atoms with Crippen LogP contribution in [0.2, 0.25) is 0 Å². The number of methoxy groups -OCH3 is 1. The summed E-state index contributed by atoms with van der Waals surface area (Å²) < 4.78 is 5.23. The molecule has 1 atom stereocenters. The number of ether oxygens (including phenoxy) is 1. The minimum absolute atomic E-state index is 0.0508. The van der Waals surface area contributed by atoms with E-state index in [1.165, 1.54) is 32.4 Å². The molecule has 0 bridgehead atoms. The highest BCUT2D eigenvalue weighted by atomic mass is 16.5. The Balaban J connectivity index is 2.51. The Hall–Kier alpha value is -0.120. The molecule has 0 aliphatic carbocycles. The number of nitrogens with zero attached hydrogens (tertiary/aromatic N) is 1. The van der Waals surface area contributed by atoms with Crippen LogP contribution in [0.15, 0.2) is 0 Å². The molecular formula is C10H22N2O. The zero-order valence-corrected chi connectivity index (χ0v) is 8.88. The van der Waals surface area contributed by atoms with E-state index in [2.05, 4.69) is 11.8 Å². The largest absolute Gasteiger partial charge is 0.383 e. The van der Waals surface area contributed by atoms with Gasteiger partial charge in [0.05, 0.1) is 12.1 Å². The summed E-state index contributed by atoms with van der Waals surface area (Å²) in [5.41, 5.74) is 5.85. The fraction of sp³-hybridized carbons (Fsp3) is 1.00. The lowest BCUT2D eigenvalue weighted by molar-refractivity contribution is 0.0157. The fourth-order valence-electron chi connectivity index (χ4n) is 2.02. The van der Waals surface area contributed by atoms with Gasteiger partial charge in [0.2, 0.25) is 0 Å². The van der Waals surface area contributed by atoms with E-state index in [1.807, 2.05) is 0 Å². The molecule has 1 rings (SSSR count). The third-order valence-corrected chi connectivity index (χ3v) is 3.01. The SMILES string of the molecule is COCC(C)(CN)N1CCCCC1. The monoisotopic (exact) mass is 186 g/mol. The number of likely N-dealkylation sites (tertiary alicyclic amines) is 1. The molecule has 1 heterocycles. The second kappa shape index (κ2) is 4.94. The number of rotatable bonds is 4. The van der Waals surface area contributed by atoms with E-state index in [0.29, 0.717) is 6.54 Å². The summed E-state index contributed by atoms with van der Waals surface area (Å²) in [6.07, 6.45) is 3.97. The summed E-state index contributed by atoms with van der Waals surface area (Å²) in [7, 11) is 1.75. The normalized spacial score (nSPS) is 24.2. The molecule has 78 valence electrons. The van der Waals surface area contributed by atoms with Crippen LogP contribution >= 0.6 is 0 Å². The van der Waals surface area contributed by atoms with E-state index in [-0.39, 0.29) is 5.54 Å². The molecule has 0 aromatic carbocycles. The van der Waals surface area contributed by atoms with Gasteiger partial charge in [0, 0.05) is 13.7 Å². The molecule has 1 fully saturated rings. The number of piperidine rings is 1. The van der Waals surface area contributed by atoms with Gasteiger partial charge in [-0.15, -0.1) is 0 Å². The summed E-state index contributed by atoms with van der Waals surface area (Å²) in [6.45, 7) is 5.97. The van der Waals surface area contributed by atoms with Crippen LogP contribution in [0.5, 0.6) is 0 Å². The second-order valence-electron chi connectivity index (χ2n) is 4.18. The molecule has 0 radical (unpaired) electrons. The molecule has 0 spiro atoms. The van der Waals surface area contributed by atoms with Gasteiger partial charge in [-0.1, -0.05) is 6.42 Å². The van der Waals surface area contributed by atoms with Crippen LogP contribution in [-0.2, 0) is 4.74 Å². The molecule has 3 nitrogen and oxygen atoms in total. The van der Waals surface area contributed by atoms with E-state index in [9.17, 15) is 0 Å². The van der Waals surface area contributed by atoms with E-state index in [1.54, 1.807) is 7.11 Å². The Kier molecular flexibility index (Phi) is 4.16. The Morgan fingerprint density at radius 2 is 1.92 bits per heavy atom. The van der Waals surface area contributed by atoms with Crippen molar-refractivity contribution in [2.45, 2.75) is 31.7 Å². The van der Waals surface area contributed by atoms with E-state index in [4.69, 9.17) is 10.5 Å². The highest BCUT2D eigenvalue weighted by Gasteiger charge is 2.31. The maximum atomic E-state index is 5.80. The van der Waals surface area contributed by atoms with E-state index < -0.39 is 0 Å². The minimum Gasteiger partial charge on any atom is -0.383 e. The molecule has 0 amide bonds. The van der Waals surface area contributed by atoms with Gasteiger partial charge in [-0.25, -0.2) is 0 Å². The first-order valence-electron chi connectivity index (χ1n) is 5.17. The van der Waals surface area contributed by atoms with Crippen molar-refractivity contribution >= 4 is 0 Å². The quantitative estimate of drug-likeness (QED) is 0.707. The predicted octanol–water partition coefficient (Wildman–Crippen LogP) is 0.836. The van der Waals surface area contributed by atoms with Crippen molar-refractivity contribution in [1.82, 2.24) is 4.90 Å². The van der Waals surface area contributed by atoms with Crippen molar-refractivity contribution < 1.29 is 4.74 Å². The van der Waals surface area contributed by atoms with Gasteiger partial charge in [-0.3, -0.25) is 4.90 Å².